The molecule has 2 fully saturated rings. The van der Waals surface area contributed by atoms with Crippen LogP contribution in [0.15, 0.2) is 24.3 Å². The summed E-state index contributed by atoms with van der Waals surface area (Å²) in [6.07, 6.45) is 4.40. The number of hydrogen-bond donors (Lipinski definition) is 1. The van der Waals surface area contributed by atoms with Crippen molar-refractivity contribution in [2.45, 2.75) is 37.6 Å². The van der Waals surface area contributed by atoms with E-state index in [1.54, 1.807) is 14.2 Å². The highest BCUT2D eigenvalue weighted by molar-refractivity contribution is 5.95. The third-order valence-electron chi connectivity index (χ3n) is 5.61. The van der Waals surface area contributed by atoms with E-state index in [-0.39, 0.29) is 18.2 Å². The minimum Gasteiger partial charge on any atom is -0.382 e. The predicted molar refractivity (Wildman–Crippen MR) is 101 cm³/mol. The molecule has 2 aliphatic rings. The molecule has 26 heavy (non-hydrogen) atoms. The molecule has 0 aliphatic carbocycles. The van der Waals surface area contributed by atoms with E-state index in [1.165, 1.54) is 18.5 Å². The van der Waals surface area contributed by atoms with Crippen LogP contribution in [0.1, 0.15) is 42.5 Å². The van der Waals surface area contributed by atoms with Gasteiger partial charge in [0.1, 0.15) is 0 Å². The molecule has 1 aromatic rings. The molecule has 2 saturated heterocycles. The van der Waals surface area contributed by atoms with Crippen molar-refractivity contribution in [2.75, 3.05) is 45.3 Å². The van der Waals surface area contributed by atoms with Crippen LogP contribution in [0.3, 0.4) is 0 Å². The second-order valence-corrected chi connectivity index (χ2v) is 7.31. The summed E-state index contributed by atoms with van der Waals surface area (Å²) in [7, 11) is 3.25. The number of rotatable bonds is 6. The Morgan fingerprint density at radius 2 is 1.81 bits per heavy atom. The van der Waals surface area contributed by atoms with Crippen LogP contribution < -0.4 is 10.2 Å². The zero-order chi connectivity index (χ0) is 18.6. The third-order valence-corrected chi connectivity index (χ3v) is 5.61. The van der Waals surface area contributed by atoms with E-state index in [1.807, 2.05) is 29.2 Å². The number of likely N-dealkylation sites (tertiary alicyclic amines) is 1. The molecule has 0 bridgehead atoms. The Morgan fingerprint density at radius 3 is 2.42 bits per heavy atom. The van der Waals surface area contributed by atoms with Crippen LogP contribution in [0.25, 0.3) is 0 Å². The SMILES string of the molecule is CNC(=O)CC1(COC)CCCN1C(=O)c1ccc(N2CCCC2)cc1. The minimum atomic E-state index is -0.556. The Bertz CT molecular complexity index is 640. The number of carbonyl (C=O) groups excluding carboxylic acids is 2. The van der Waals surface area contributed by atoms with Gasteiger partial charge in [-0.2, -0.15) is 0 Å². The fourth-order valence-corrected chi connectivity index (χ4v) is 4.24. The summed E-state index contributed by atoms with van der Waals surface area (Å²) in [5.41, 5.74) is 1.29. The number of methoxy groups -OCH3 is 1. The quantitative estimate of drug-likeness (QED) is 0.844. The number of anilines is 1. The molecular formula is C20H29N3O3. The number of benzene rings is 1. The summed E-state index contributed by atoms with van der Waals surface area (Å²) < 4.78 is 5.40. The molecule has 142 valence electrons. The number of nitrogens with zero attached hydrogens (tertiary/aromatic N) is 2. The fourth-order valence-electron chi connectivity index (χ4n) is 4.24. The maximum atomic E-state index is 13.2. The Hall–Kier alpha value is -2.08. The highest BCUT2D eigenvalue weighted by Crippen LogP contribution is 2.34. The highest BCUT2D eigenvalue weighted by atomic mass is 16.5. The van der Waals surface area contributed by atoms with Gasteiger partial charge in [-0.15, -0.1) is 0 Å². The zero-order valence-corrected chi connectivity index (χ0v) is 15.8. The van der Waals surface area contributed by atoms with Crippen LogP contribution in [-0.4, -0.2) is 62.7 Å². The van der Waals surface area contributed by atoms with E-state index in [2.05, 4.69) is 10.2 Å². The van der Waals surface area contributed by atoms with Gasteiger partial charge < -0.3 is 19.9 Å². The van der Waals surface area contributed by atoms with Gasteiger partial charge in [-0.05, 0) is 49.9 Å². The highest BCUT2D eigenvalue weighted by Gasteiger charge is 2.45. The van der Waals surface area contributed by atoms with Crippen molar-refractivity contribution in [3.05, 3.63) is 29.8 Å². The third kappa shape index (κ3) is 3.70. The minimum absolute atomic E-state index is 0.0172. The van der Waals surface area contributed by atoms with Gasteiger partial charge in [0.15, 0.2) is 0 Å². The van der Waals surface area contributed by atoms with Crippen LogP contribution in [0, 0.1) is 0 Å². The number of nitrogens with one attached hydrogen (secondary N) is 1. The molecule has 1 N–H and O–H groups in total. The lowest BCUT2D eigenvalue weighted by Gasteiger charge is -2.37. The average Bonchev–Trinajstić information content (AvgIpc) is 3.32. The molecule has 6 heteroatoms. The Morgan fingerprint density at radius 1 is 1.12 bits per heavy atom. The molecule has 6 nitrogen and oxygen atoms in total. The van der Waals surface area contributed by atoms with Crippen molar-refractivity contribution in [2.24, 2.45) is 0 Å². The smallest absolute Gasteiger partial charge is 0.254 e. The van der Waals surface area contributed by atoms with Gasteiger partial charge in [0, 0.05) is 45.0 Å². The standard InChI is InChI=1S/C20H29N3O3/c1-21-18(24)14-20(15-26-2)10-5-13-23(20)19(25)16-6-8-17(9-7-16)22-11-3-4-12-22/h6-9H,3-5,10-15H2,1-2H3,(H,21,24). The van der Waals surface area contributed by atoms with E-state index >= 15 is 0 Å². The first-order valence-corrected chi connectivity index (χ1v) is 9.46. The number of carbonyl (C=O) groups is 2. The molecule has 1 unspecified atom stereocenters. The molecule has 2 amide bonds. The molecule has 3 rings (SSSR count). The normalized spacial score (nSPS) is 22.7. The van der Waals surface area contributed by atoms with Crippen molar-refractivity contribution in [1.29, 1.82) is 0 Å². The lowest BCUT2D eigenvalue weighted by Crippen LogP contribution is -2.52. The Labute approximate surface area is 155 Å². The van der Waals surface area contributed by atoms with Gasteiger partial charge in [-0.3, -0.25) is 9.59 Å². The number of hydrogen-bond acceptors (Lipinski definition) is 4. The Balaban J connectivity index is 1.78. The molecule has 0 spiro atoms. The average molecular weight is 359 g/mol. The van der Waals surface area contributed by atoms with Crippen LogP contribution in [0.2, 0.25) is 0 Å². The summed E-state index contributed by atoms with van der Waals surface area (Å²) in [6, 6.07) is 7.88. The molecular weight excluding hydrogens is 330 g/mol. The van der Waals surface area contributed by atoms with E-state index in [0.29, 0.717) is 18.7 Å². The monoisotopic (exact) mass is 359 g/mol. The second kappa shape index (κ2) is 8.08. The molecule has 0 saturated carbocycles. The summed E-state index contributed by atoms with van der Waals surface area (Å²) in [4.78, 5) is 29.4. The van der Waals surface area contributed by atoms with Crippen LogP contribution in [-0.2, 0) is 9.53 Å². The van der Waals surface area contributed by atoms with E-state index in [9.17, 15) is 9.59 Å². The summed E-state index contributed by atoms with van der Waals surface area (Å²) in [5.74, 6) is -0.0810. The second-order valence-electron chi connectivity index (χ2n) is 7.31. The van der Waals surface area contributed by atoms with Gasteiger partial charge in [0.05, 0.1) is 18.6 Å². The lowest BCUT2D eigenvalue weighted by molar-refractivity contribution is -0.123. The predicted octanol–water partition coefficient (Wildman–Crippen LogP) is 2.04. The van der Waals surface area contributed by atoms with Crippen molar-refractivity contribution in [3.63, 3.8) is 0 Å². The number of amides is 2. The maximum Gasteiger partial charge on any atom is 0.254 e. The molecule has 0 radical (unpaired) electrons. The first-order valence-electron chi connectivity index (χ1n) is 9.46. The lowest BCUT2D eigenvalue weighted by atomic mass is 9.91. The van der Waals surface area contributed by atoms with Crippen molar-refractivity contribution < 1.29 is 14.3 Å². The topological polar surface area (TPSA) is 61.9 Å². The van der Waals surface area contributed by atoms with Gasteiger partial charge >= 0.3 is 0 Å². The molecule has 1 aromatic carbocycles. The van der Waals surface area contributed by atoms with Crippen LogP contribution in [0.5, 0.6) is 0 Å². The summed E-state index contributed by atoms with van der Waals surface area (Å²) in [5, 5.41) is 2.68. The molecule has 2 heterocycles. The summed E-state index contributed by atoms with van der Waals surface area (Å²) >= 11 is 0. The van der Waals surface area contributed by atoms with Crippen LogP contribution >= 0.6 is 0 Å². The molecule has 2 aliphatic heterocycles. The van der Waals surface area contributed by atoms with Crippen molar-refractivity contribution in [3.8, 4) is 0 Å². The summed E-state index contributed by atoms with van der Waals surface area (Å²) in [6.45, 7) is 3.20. The molecule has 0 aromatic heterocycles. The van der Waals surface area contributed by atoms with Crippen molar-refractivity contribution >= 4 is 17.5 Å². The van der Waals surface area contributed by atoms with Gasteiger partial charge in [0.2, 0.25) is 5.91 Å². The first kappa shape index (κ1) is 18.7. The van der Waals surface area contributed by atoms with E-state index < -0.39 is 5.54 Å². The van der Waals surface area contributed by atoms with Gasteiger partial charge in [-0.1, -0.05) is 0 Å². The number of ether oxygens (including phenoxy) is 1. The van der Waals surface area contributed by atoms with Crippen LogP contribution in [0.4, 0.5) is 5.69 Å². The van der Waals surface area contributed by atoms with Crippen molar-refractivity contribution in [1.82, 2.24) is 10.2 Å². The molecule has 1 atom stereocenters. The zero-order valence-electron chi connectivity index (χ0n) is 15.8. The first-order chi connectivity index (χ1) is 12.6. The van der Waals surface area contributed by atoms with Gasteiger partial charge in [-0.25, -0.2) is 0 Å². The van der Waals surface area contributed by atoms with E-state index in [4.69, 9.17) is 4.74 Å². The largest absolute Gasteiger partial charge is 0.382 e. The Kier molecular flexibility index (Phi) is 5.81. The fraction of sp³-hybridized carbons (Fsp3) is 0.600. The van der Waals surface area contributed by atoms with E-state index in [0.717, 1.165) is 25.9 Å². The van der Waals surface area contributed by atoms with Gasteiger partial charge in [0.25, 0.3) is 5.91 Å². The maximum absolute atomic E-state index is 13.2.